The molecular weight excluding hydrogens is 487 g/mol. The number of pyridine rings is 1. The molecule has 4 heterocycles. The van der Waals surface area contributed by atoms with E-state index < -0.39 is 28.4 Å². The molecular formula is C25H20F3N7S. The average molecular weight is 508 g/mol. The third-order valence-corrected chi connectivity index (χ3v) is 7.72. The van der Waals surface area contributed by atoms with Crippen molar-refractivity contribution in [2.24, 2.45) is 16.1 Å². The molecule has 182 valence electrons. The second-order valence-corrected chi connectivity index (χ2v) is 9.99. The first kappa shape index (κ1) is 23.8. The Bertz CT molecular complexity index is 1420. The predicted octanol–water partition coefficient (Wildman–Crippen LogP) is 4.27. The van der Waals surface area contributed by atoms with Crippen molar-refractivity contribution in [3.8, 4) is 6.07 Å². The Hall–Kier alpha value is -3.91. The summed E-state index contributed by atoms with van der Waals surface area (Å²) in [5, 5.41) is 9.24. The average Bonchev–Trinajstić information content (AvgIpc) is 3.19. The Morgan fingerprint density at radius 1 is 1.14 bits per heavy atom. The van der Waals surface area contributed by atoms with Gasteiger partial charge in [0, 0.05) is 29.5 Å². The van der Waals surface area contributed by atoms with E-state index in [4.69, 9.17) is 16.0 Å². The molecule has 2 aliphatic heterocycles. The van der Waals surface area contributed by atoms with E-state index in [-0.39, 0.29) is 17.8 Å². The van der Waals surface area contributed by atoms with E-state index in [1.54, 1.807) is 6.07 Å². The maximum absolute atomic E-state index is 15.4. The van der Waals surface area contributed by atoms with Crippen molar-refractivity contribution in [3.63, 3.8) is 0 Å². The van der Waals surface area contributed by atoms with Crippen molar-refractivity contribution in [1.82, 2.24) is 15.0 Å². The van der Waals surface area contributed by atoms with Gasteiger partial charge in [-0.1, -0.05) is 24.8 Å². The van der Waals surface area contributed by atoms with Gasteiger partial charge in [-0.25, -0.2) is 28.1 Å². The summed E-state index contributed by atoms with van der Waals surface area (Å²) in [7, 11) is 0. The molecule has 2 aliphatic rings. The van der Waals surface area contributed by atoms with Gasteiger partial charge in [0.2, 0.25) is 5.95 Å². The summed E-state index contributed by atoms with van der Waals surface area (Å²) in [5.74, 6) is -0.825. The Kier molecular flexibility index (Phi) is 5.92. The summed E-state index contributed by atoms with van der Waals surface area (Å²) in [4.78, 5) is 18.7. The quantitative estimate of drug-likeness (QED) is 0.562. The molecule has 0 amide bonds. The second-order valence-electron chi connectivity index (χ2n) is 8.99. The lowest BCUT2D eigenvalue weighted by molar-refractivity contribution is 0.238. The molecule has 5 rings (SSSR count). The van der Waals surface area contributed by atoms with E-state index in [9.17, 15) is 8.78 Å². The SMILES string of the molecule is C[C@]12CSC(N)=N[C@@]1(c1cc(/C=C(\F)c3ccc(C#N)cn3)ccc1F)CN(c1ncc(F)cn1)C2. The van der Waals surface area contributed by atoms with Gasteiger partial charge in [0.05, 0.1) is 30.2 Å². The van der Waals surface area contributed by atoms with Gasteiger partial charge in [0.25, 0.3) is 0 Å². The maximum Gasteiger partial charge on any atom is 0.225 e. The number of halogens is 3. The minimum atomic E-state index is -1.10. The number of hydrogen-bond donors (Lipinski definition) is 1. The van der Waals surface area contributed by atoms with Crippen molar-refractivity contribution in [1.29, 1.82) is 5.26 Å². The number of aliphatic imine (C=N–C) groups is 1. The Morgan fingerprint density at radius 2 is 1.92 bits per heavy atom. The number of nitrogens with two attached hydrogens (primary N) is 1. The normalized spacial score (nSPS) is 23.7. The number of hydrogen-bond acceptors (Lipinski definition) is 8. The van der Waals surface area contributed by atoms with E-state index in [1.807, 2.05) is 17.9 Å². The van der Waals surface area contributed by atoms with Gasteiger partial charge >= 0.3 is 0 Å². The van der Waals surface area contributed by atoms with E-state index in [0.29, 0.717) is 34.5 Å². The van der Waals surface area contributed by atoms with Gasteiger partial charge in [-0.2, -0.15) is 5.26 Å². The molecule has 2 atom stereocenters. The molecule has 1 aromatic carbocycles. The van der Waals surface area contributed by atoms with Crippen molar-refractivity contribution >= 4 is 34.8 Å². The summed E-state index contributed by atoms with van der Waals surface area (Å²) >= 11 is 1.38. The number of anilines is 1. The van der Waals surface area contributed by atoms with Gasteiger partial charge in [-0.15, -0.1) is 0 Å². The van der Waals surface area contributed by atoms with Crippen LogP contribution in [0.5, 0.6) is 0 Å². The van der Waals surface area contributed by atoms with Crippen LogP contribution in [0.2, 0.25) is 0 Å². The van der Waals surface area contributed by atoms with E-state index in [0.717, 1.165) is 12.4 Å². The van der Waals surface area contributed by atoms with E-state index in [2.05, 4.69) is 15.0 Å². The lowest BCUT2D eigenvalue weighted by Gasteiger charge is -2.42. The zero-order valence-corrected chi connectivity index (χ0v) is 19.9. The molecule has 0 aliphatic carbocycles. The Balaban J connectivity index is 1.58. The minimum absolute atomic E-state index is 0.0553. The third kappa shape index (κ3) is 4.07. The highest BCUT2D eigenvalue weighted by Gasteiger charge is 2.59. The molecule has 0 radical (unpaired) electrons. The van der Waals surface area contributed by atoms with Crippen molar-refractivity contribution < 1.29 is 13.2 Å². The largest absolute Gasteiger partial charge is 0.379 e. The van der Waals surface area contributed by atoms with Crippen molar-refractivity contribution in [2.45, 2.75) is 12.5 Å². The highest BCUT2D eigenvalue weighted by Crippen LogP contribution is 2.54. The summed E-state index contributed by atoms with van der Waals surface area (Å²) in [6.45, 7) is 2.63. The van der Waals surface area contributed by atoms with Crippen LogP contribution in [-0.2, 0) is 5.54 Å². The number of rotatable bonds is 4. The first-order valence-electron chi connectivity index (χ1n) is 11.0. The smallest absolute Gasteiger partial charge is 0.225 e. The van der Waals surface area contributed by atoms with Gasteiger partial charge in [0.15, 0.2) is 11.0 Å². The van der Waals surface area contributed by atoms with E-state index >= 15 is 4.39 Å². The zero-order chi connectivity index (χ0) is 25.5. The van der Waals surface area contributed by atoms with Crippen LogP contribution in [0.15, 0.2) is 53.9 Å². The molecule has 0 bridgehead atoms. The van der Waals surface area contributed by atoms with Crippen LogP contribution in [0.4, 0.5) is 19.1 Å². The minimum Gasteiger partial charge on any atom is -0.379 e. The third-order valence-electron chi connectivity index (χ3n) is 6.55. The molecule has 2 N–H and O–H groups in total. The van der Waals surface area contributed by atoms with Gasteiger partial charge in [0.1, 0.15) is 23.3 Å². The standard InChI is InChI=1S/C25H20F3N7S/c1-24-12-35(23-32-10-17(26)11-33-23)13-25(24,34-22(30)36-14-24)18-6-15(2-4-19(18)27)7-20(28)21-5-3-16(8-29)9-31-21/h2-7,9-11H,12-14H2,1H3,(H2,30,34)/b20-7-/t24-,25+/m0/s1. The first-order chi connectivity index (χ1) is 17.2. The fourth-order valence-corrected chi connectivity index (χ4v) is 5.73. The molecule has 0 saturated carbocycles. The number of amidine groups is 1. The number of nitrogens with zero attached hydrogens (tertiary/aromatic N) is 6. The number of aromatic nitrogens is 3. The van der Waals surface area contributed by atoms with Crippen molar-refractivity contribution in [2.75, 3.05) is 23.7 Å². The van der Waals surface area contributed by atoms with E-state index in [1.165, 1.54) is 48.3 Å². The first-order valence-corrected chi connectivity index (χ1v) is 12.0. The summed E-state index contributed by atoms with van der Waals surface area (Å²) in [6.07, 6.45) is 4.70. The Labute approximate surface area is 209 Å². The van der Waals surface area contributed by atoms with Crippen LogP contribution in [0.3, 0.4) is 0 Å². The van der Waals surface area contributed by atoms with Crippen LogP contribution in [-0.4, -0.2) is 39.0 Å². The predicted molar refractivity (Wildman–Crippen MR) is 132 cm³/mol. The topological polar surface area (TPSA) is 104 Å². The lowest BCUT2D eigenvalue weighted by Crippen LogP contribution is -2.48. The van der Waals surface area contributed by atoms with Crippen LogP contribution in [0.1, 0.15) is 29.3 Å². The molecule has 1 saturated heterocycles. The fourth-order valence-electron chi connectivity index (χ4n) is 4.72. The molecule has 36 heavy (non-hydrogen) atoms. The van der Waals surface area contributed by atoms with Crippen LogP contribution in [0, 0.1) is 28.4 Å². The number of fused-ring (bicyclic) bond motifs is 1. The zero-order valence-electron chi connectivity index (χ0n) is 19.1. The summed E-state index contributed by atoms with van der Waals surface area (Å²) in [5.41, 5.74) is 5.51. The molecule has 1 fully saturated rings. The molecule has 2 aromatic heterocycles. The number of benzene rings is 1. The summed E-state index contributed by atoms with van der Waals surface area (Å²) in [6, 6.07) is 9.13. The molecule has 0 unspecified atom stereocenters. The maximum atomic E-state index is 15.4. The van der Waals surface area contributed by atoms with Gasteiger partial charge < -0.3 is 10.6 Å². The molecule has 0 spiro atoms. The lowest BCUT2D eigenvalue weighted by atomic mass is 9.70. The monoisotopic (exact) mass is 507 g/mol. The second kappa shape index (κ2) is 8.95. The Morgan fingerprint density at radius 3 is 2.61 bits per heavy atom. The van der Waals surface area contributed by atoms with Crippen LogP contribution >= 0.6 is 11.8 Å². The number of thioether (sulfide) groups is 1. The number of nitriles is 1. The molecule has 7 nitrogen and oxygen atoms in total. The fraction of sp³-hybridized carbons (Fsp3) is 0.240. The van der Waals surface area contributed by atoms with Crippen LogP contribution in [0.25, 0.3) is 11.9 Å². The summed E-state index contributed by atoms with van der Waals surface area (Å²) < 4.78 is 43.8. The highest BCUT2D eigenvalue weighted by atomic mass is 32.2. The molecule has 11 heteroatoms. The molecule has 3 aromatic rings. The van der Waals surface area contributed by atoms with Gasteiger partial charge in [-0.3, -0.25) is 4.98 Å². The highest BCUT2D eigenvalue weighted by molar-refractivity contribution is 8.13. The van der Waals surface area contributed by atoms with Gasteiger partial charge in [-0.05, 0) is 35.9 Å². The van der Waals surface area contributed by atoms with Crippen LogP contribution < -0.4 is 10.6 Å². The van der Waals surface area contributed by atoms with Crippen molar-refractivity contribution in [3.05, 3.63) is 82.9 Å².